The molecule has 0 aromatic heterocycles. The molecule has 8 heteroatoms. The third-order valence-electron chi connectivity index (χ3n) is 4.68. The number of aromatic carboxylic acids is 1. The minimum absolute atomic E-state index is 0.0676. The van der Waals surface area contributed by atoms with Crippen molar-refractivity contribution >= 4 is 17.8 Å². The number of benzene rings is 1. The summed E-state index contributed by atoms with van der Waals surface area (Å²) in [5, 5.41) is 11.7. The van der Waals surface area contributed by atoms with E-state index in [0.29, 0.717) is 18.7 Å². The van der Waals surface area contributed by atoms with Gasteiger partial charge in [-0.15, -0.1) is 0 Å². The molecule has 2 amide bonds. The van der Waals surface area contributed by atoms with Crippen LogP contribution in [0.25, 0.3) is 0 Å². The Morgan fingerprint density at radius 3 is 2.67 bits per heavy atom. The highest BCUT2D eigenvalue weighted by atomic mass is 16.7. The first kappa shape index (κ1) is 18.9. The molecule has 2 aliphatic rings. The summed E-state index contributed by atoms with van der Waals surface area (Å²) < 4.78 is 0. The summed E-state index contributed by atoms with van der Waals surface area (Å²) in [5.74, 6) is -0.731. The van der Waals surface area contributed by atoms with Crippen LogP contribution in [0.1, 0.15) is 42.1 Å². The van der Waals surface area contributed by atoms with E-state index in [1.165, 1.54) is 12.1 Å². The number of carbonyl (C=O) groups excluding carboxylic acids is 2. The fraction of sp³-hybridized carbons (Fsp3) is 0.421. The highest BCUT2D eigenvalue weighted by Crippen LogP contribution is 2.21. The number of carboxylic acid groups (broad SMARTS) is 1. The highest BCUT2D eigenvalue weighted by molar-refractivity contribution is 5.89. The predicted molar refractivity (Wildman–Crippen MR) is 96.4 cm³/mol. The van der Waals surface area contributed by atoms with Crippen molar-refractivity contribution in [3.05, 3.63) is 47.2 Å². The number of likely N-dealkylation sites (tertiary alicyclic amines) is 1. The number of hydrogen-bond donors (Lipinski definition) is 3. The molecule has 1 aromatic carbocycles. The topological polar surface area (TPSA) is 108 Å². The van der Waals surface area contributed by atoms with Crippen LogP contribution in [0.2, 0.25) is 0 Å². The van der Waals surface area contributed by atoms with Crippen LogP contribution in [-0.4, -0.2) is 46.4 Å². The van der Waals surface area contributed by atoms with Gasteiger partial charge in [-0.25, -0.2) is 4.79 Å². The molecule has 1 aromatic rings. The van der Waals surface area contributed by atoms with Gasteiger partial charge >= 0.3 is 5.97 Å². The monoisotopic (exact) mass is 373 g/mol. The molecule has 1 saturated heterocycles. The zero-order valence-corrected chi connectivity index (χ0v) is 15.1. The van der Waals surface area contributed by atoms with Crippen molar-refractivity contribution in [3.8, 4) is 0 Å². The first-order valence-corrected chi connectivity index (χ1v) is 8.96. The third kappa shape index (κ3) is 4.65. The van der Waals surface area contributed by atoms with Crippen LogP contribution >= 0.6 is 0 Å². The summed E-state index contributed by atoms with van der Waals surface area (Å²) in [6.45, 7) is 2.76. The SMILES string of the molecule is CC1C=C(CC(=O)N2CCC[C@H]2C(=O)NCc2ccc(C(=O)O)cc2)ON1. The summed E-state index contributed by atoms with van der Waals surface area (Å²) in [4.78, 5) is 42.8. The molecule has 27 heavy (non-hydrogen) atoms. The minimum atomic E-state index is -0.989. The van der Waals surface area contributed by atoms with Gasteiger partial charge in [-0.3, -0.25) is 9.59 Å². The van der Waals surface area contributed by atoms with Gasteiger partial charge in [0.05, 0.1) is 18.0 Å². The quantitative estimate of drug-likeness (QED) is 0.691. The van der Waals surface area contributed by atoms with Gasteiger partial charge in [0.1, 0.15) is 11.8 Å². The zero-order valence-electron chi connectivity index (χ0n) is 15.1. The predicted octanol–water partition coefficient (Wildman–Crippen LogP) is 1.19. The Bertz CT molecular complexity index is 759. The maximum Gasteiger partial charge on any atom is 0.335 e. The molecule has 1 unspecified atom stereocenters. The van der Waals surface area contributed by atoms with E-state index in [4.69, 9.17) is 9.94 Å². The van der Waals surface area contributed by atoms with Crippen LogP contribution in [-0.2, 0) is 21.0 Å². The average Bonchev–Trinajstić information content (AvgIpc) is 3.29. The van der Waals surface area contributed by atoms with Gasteiger partial charge in [0.2, 0.25) is 11.8 Å². The van der Waals surface area contributed by atoms with Crippen molar-refractivity contribution in [2.75, 3.05) is 6.54 Å². The first-order valence-electron chi connectivity index (χ1n) is 8.96. The van der Waals surface area contributed by atoms with Crippen molar-refractivity contribution in [3.63, 3.8) is 0 Å². The zero-order chi connectivity index (χ0) is 19.4. The number of hydroxylamine groups is 1. The van der Waals surface area contributed by atoms with E-state index in [1.807, 2.05) is 13.0 Å². The average molecular weight is 373 g/mol. The Morgan fingerprint density at radius 1 is 1.30 bits per heavy atom. The summed E-state index contributed by atoms with van der Waals surface area (Å²) in [6, 6.07) is 5.92. The van der Waals surface area contributed by atoms with Crippen LogP contribution in [0.5, 0.6) is 0 Å². The second-order valence-electron chi connectivity index (χ2n) is 6.78. The largest absolute Gasteiger partial charge is 0.478 e. The lowest BCUT2D eigenvalue weighted by molar-refractivity contribution is -0.138. The van der Waals surface area contributed by atoms with E-state index >= 15 is 0 Å². The Kier molecular flexibility index (Phi) is 5.75. The number of carbonyl (C=O) groups is 3. The van der Waals surface area contributed by atoms with E-state index in [-0.39, 0.29) is 36.4 Å². The number of nitrogens with zero attached hydrogens (tertiary/aromatic N) is 1. The standard InChI is InChI=1S/C19H23N3O5/c1-12-9-15(27-21-12)10-17(23)22-8-2-3-16(22)18(24)20-11-13-4-6-14(7-5-13)19(25)26/h4-7,9,12,16,21H,2-3,8,10-11H2,1H3,(H,20,24)(H,25,26)/t12?,16-/m0/s1. The lowest BCUT2D eigenvalue weighted by Crippen LogP contribution is -2.45. The van der Waals surface area contributed by atoms with Crippen LogP contribution in [0, 0.1) is 0 Å². The second kappa shape index (κ2) is 8.22. The van der Waals surface area contributed by atoms with Gasteiger partial charge in [0, 0.05) is 13.1 Å². The van der Waals surface area contributed by atoms with Gasteiger partial charge < -0.3 is 20.2 Å². The number of hydrogen-bond acceptors (Lipinski definition) is 5. The molecular weight excluding hydrogens is 350 g/mol. The fourth-order valence-corrected chi connectivity index (χ4v) is 3.27. The van der Waals surface area contributed by atoms with Gasteiger partial charge in [-0.1, -0.05) is 12.1 Å². The van der Waals surface area contributed by atoms with Crippen LogP contribution in [0.3, 0.4) is 0 Å². The molecule has 144 valence electrons. The van der Waals surface area contributed by atoms with E-state index in [0.717, 1.165) is 12.0 Å². The molecule has 8 nitrogen and oxygen atoms in total. The fourth-order valence-electron chi connectivity index (χ4n) is 3.27. The van der Waals surface area contributed by atoms with Crippen molar-refractivity contribution in [2.24, 2.45) is 0 Å². The molecule has 0 saturated carbocycles. The van der Waals surface area contributed by atoms with Gasteiger partial charge in [-0.2, -0.15) is 5.48 Å². The Hall–Kier alpha value is -2.87. The Morgan fingerprint density at radius 2 is 2.04 bits per heavy atom. The van der Waals surface area contributed by atoms with Crippen molar-refractivity contribution in [1.82, 2.24) is 15.7 Å². The number of amides is 2. The van der Waals surface area contributed by atoms with E-state index in [2.05, 4.69) is 10.8 Å². The van der Waals surface area contributed by atoms with Crippen molar-refractivity contribution in [1.29, 1.82) is 0 Å². The Labute approximate surface area is 157 Å². The van der Waals surface area contributed by atoms with Gasteiger partial charge in [0.15, 0.2) is 0 Å². The summed E-state index contributed by atoms with van der Waals surface area (Å²) in [5.41, 5.74) is 3.77. The molecule has 3 N–H and O–H groups in total. The lowest BCUT2D eigenvalue weighted by atomic mass is 10.1. The first-order chi connectivity index (χ1) is 12.9. The maximum absolute atomic E-state index is 12.5. The molecule has 1 fully saturated rings. The molecule has 0 spiro atoms. The summed E-state index contributed by atoms with van der Waals surface area (Å²) >= 11 is 0. The van der Waals surface area contributed by atoms with Gasteiger partial charge in [-0.05, 0) is 43.5 Å². The van der Waals surface area contributed by atoms with Crippen LogP contribution in [0.4, 0.5) is 0 Å². The third-order valence-corrected chi connectivity index (χ3v) is 4.68. The summed E-state index contributed by atoms with van der Waals surface area (Å²) in [6.07, 6.45) is 3.40. The maximum atomic E-state index is 12.5. The van der Waals surface area contributed by atoms with Crippen molar-refractivity contribution < 1.29 is 24.3 Å². The van der Waals surface area contributed by atoms with Crippen LogP contribution < -0.4 is 10.8 Å². The van der Waals surface area contributed by atoms with E-state index < -0.39 is 12.0 Å². The lowest BCUT2D eigenvalue weighted by Gasteiger charge is -2.24. The van der Waals surface area contributed by atoms with E-state index in [1.54, 1.807) is 17.0 Å². The molecule has 0 radical (unpaired) electrons. The molecule has 0 aliphatic carbocycles. The number of rotatable bonds is 6. The molecular formula is C19H23N3O5. The molecule has 2 heterocycles. The number of nitrogens with one attached hydrogen (secondary N) is 2. The van der Waals surface area contributed by atoms with E-state index in [9.17, 15) is 14.4 Å². The summed E-state index contributed by atoms with van der Waals surface area (Å²) in [7, 11) is 0. The smallest absolute Gasteiger partial charge is 0.335 e. The minimum Gasteiger partial charge on any atom is -0.478 e. The second-order valence-corrected chi connectivity index (χ2v) is 6.78. The van der Waals surface area contributed by atoms with Crippen LogP contribution in [0.15, 0.2) is 36.1 Å². The van der Waals surface area contributed by atoms with Gasteiger partial charge in [0.25, 0.3) is 0 Å². The molecule has 0 bridgehead atoms. The normalized spacial score (nSPS) is 21.5. The number of carboxylic acids is 1. The highest BCUT2D eigenvalue weighted by Gasteiger charge is 2.34. The Balaban J connectivity index is 1.54. The molecule has 2 aliphatic heterocycles. The van der Waals surface area contributed by atoms with Crippen molar-refractivity contribution in [2.45, 2.75) is 44.8 Å². The molecule has 2 atom stereocenters. The molecule has 3 rings (SSSR count).